The highest BCUT2D eigenvalue weighted by Gasteiger charge is 2.34. The molecule has 3 rings (SSSR count). The van der Waals surface area contributed by atoms with Crippen LogP contribution in [-0.2, 0) is 6.18 Å². The van der Waals surface area contributed by atoms with Crippen molar-refractivity contribution < 1.29 is 27.2 Å². The van der Waals surface area contributed by atoms with Gasteiger partial charge in [0.25, 0.3) is 5.91 Å². The molecule has 13 heteroatoms. The van der Waals surface area contributed by atoms with Crippen molar-refractivity contribution in [2.24, 2.45) is 0 Å². The number of nitrogens with one attached hydrogen (secondary N) is 1. The molecule has 0 spiro atoms. The summed E-state index contributed by atoms with van der Waals surface area (Å²) in [4.78, 5) is 36.9. The van der Waals surface area contributed by atoms with Crippen molar-refractivity contribution in [2.45, 2.75) is 25.4 Å². The third kappa shape index (κ3) is 5.27. The third-order valence-corrected chi connectivity index (χ3v) is 6.28. The highest BCUT2D eigenvalue weighted by Crippen LogP contribution is 2.33. The predicted molar refractivity (Wildman–Crippen MR) is 113 cm³/mol. The summed E-state index contributed by atoms with van der Waals surface area (Å²) in [7, 11) is 0. The van der Waals surface area contributed by atoms with E-state index in [2.05, 4.69) is 36.2 Å². The molecule has 0 saturated carbocycles. The van der Waals surface area contributed by atoms with Gasteiger partial charge in [-0.1, -0.05) is 6.92 Å². The molecule has 0 bridgehead atoms. The average molecular weight is 532 g/mol. The Bertz CT molecular complexity index is 1180. The van der Waals surface area contributed by atoms with Gasteiger partial charge in [-0.2, -0.15) is 13.2 Å². The van der Waals surface area contributed by atoms with Gasteiger partial charge in [-0.25, -0.2) is 19.3 Å². The Kier molecular flexibility index (Phi) is 6.88. The fourth-order valence-corrected chi connectivity index (χ4v) is 3.96. The van der Waals surface area contributed by atoms with Crippen LogP contribution in [0.1, 0.15) is 50.0 Å². The molecule has 32 heavy (non-hydrogen) atoms. The number of carbonyl (C=O) groups excluding carboxylic acids is 2. The van der Waals surface area contributed by atoms with E-state index in [9.17, 15) is 27.2 Å². The van der Waals surface area contributed by atoms with Crippen LogP contribution in [0, 0.1) is 5.82 Å². The van der Waals surface area contributed by atoms with Crippen molar-refractivity contribution in [3.63, 3.8) is 0 Å². The third-order valence-electron chi connectivity index (χ3n) is 4.27. The number of ketones is 1. The van der Waals surface area contributed by atoms with E-state index in [1.165, 1.54) is 12.5 Å². The molecule has 0 fully saturated rings. The standard InChI is InChI=1S/C19H14BrF4N5O2S/c1-8(4-12(30)15-14(20)16(25)28-7-27-15)18-26-6-13(32-18)17(31)29-9-2-3-11(21)10(5-9)19(22,23)24/h2-3,5-8H,4H2,1H3,(H,29,31)(H2,25,27,28). The number of halogens is 5. The van der Waals surface area contributed by atoms with Crippen LogP contribution in [0.4, 0.5) is 29.1 Å². The molecule has 168 valence electrons. The summed E-state index contributed by atoms with van der Waals surface area (Å²) in [5, 5.41) is 2.76. The number of carbonyl (C=O) groups is 2. The largest absolute Gasteiger partial charge is 0.419 e. The van der Waals surface area contributed by atoms with E-state index in [4.69, 9.17) is 5.73 Å². The summed E-state index contributed by atoms with van der Waals surface area (Å²) >= 11 is 4.16. The van der Waals surface area contributed by atoms with Gasteiger partial charge in [0.1, 0.15) is 28.5 Å². The number of hydrogen-bond donors (Lipinski definition) is 2. The molecule has 7 nitrogen and oxygen atoms in total. The van der Waals surface area contributed by atoms with Crippen molar-refractivity contribution in [1.29, 1.82) is 0 Å². The molecule has 2 heterocycles. The Hall–Kier alpha value is -2.93. The molecule has 0 radical (unpaired) electrons. The van der Waals surface area contributed by atoms with Crippen LogP contribution < -0.4 is 11.1 Å². The van der Waals surface area contributed by atoms with Gasteiger partial charge in [-0.05, 0) is 34.1 Å². The van der Waals surface area contributed by atoms with Crippen LogP contribution in [0.2, 0.25) is 0 Å². The number of anilines is 2. The monoisotopic (exact) mass is 531 g/mol. The van der Waals surface area contributed by atoms with Crippen LogP contribution in [-0.4, -0.2) is 26.6 Å². The van der Waals surface area contributed by atoms with Crippen LogP contribution >= 0.6 is 27.3 Å². The minimum absolute atomic E-state index is 0.0243. The number of aromatic nitrogens is 3. The first kappa shape index (κ1) is 23.7. The lowest BCUT2D eigenvalue weighted by Gasteiger charge is -2.10. The molecule has 2 aromatic heterocycles. The van der Waals surface area contributed by atoms with Crippen molar-refractivity contribution in [1.82, 2.24) is 15.0 Å². The molecule has 0 aliphatic rings. The summed E-state index contributed by atoms with van der Waals surface area (Å²) in [6.07, 6.45) is -2.45. The number of nitrogens with zero attached hydrogens (tertiary/aromatic N) is 3. The molecule has 1 aromatic carbocycles. The number of benzene rings is 1. The Labute approximate surface area is 191 Å². The van der Waals surface area contributed by atoms with Gasteiger partial charge in [-0.15, -0.1) is 11.3 Å². The molecular formula is C19H14BrF4N5O2S. The lowest BCUT2D eigenvalue weighted by atomic mass is 10.0. The quantitative estimate of drug-likeness (QED) is 0.339. The minimum atomic E-state index is -4.90. The summed E-state index contributed by atoms with van der Waals surface area (Å²) in [5.74, 6) is -2.71. The van der Waals surface area contributed by atoms with Gasteiger partial charge in [-0.3, -0.25) is 9.59 Å². The van der Waals surface area contributed by atoms with Crippen molar-refractivity contribution >= 4 is 50.5 Å². The SMILES string of the molecule is CC(CC(=O)c1ncnc(N)c1Br)c1ncc(C(=O)Nc2ccc(F)c(C(F)(F)F)c2)s1. The van der Waals surface area contributed by atoms with E-state index < -0.39 is 23.5 Å². The molecule has 3 aromatic rings. The maximum Gasteiger partial charge on any atom is 0.419 e. The van der Waals surface area contributed by atoms with Crippen LogP contribution in [0.5, 0.6) is 0 Å². The summed E-state index contributed by atoms with van der Waals surface area (Å²) in [6.45, 7) is 1.73. The second-order valence-corrected chi connectivity index (χ2v) is 8.51. The Morgan fingerprint density at radius 2 is 1.97 bits per heavy atom. The summed E-state index contributed by atoms with van der Waals surface area (Å²) < 4.78 is 52.2. The summed E-state index contributed by atoms with van der Waals surface area (Å²) in [6, 6.07) is 2.17. The number of rotatable bonds is 6. The molecule has 3 N–H and O–H groups in total. The zero-order valence-electron chi connectivity index (χ0n) is 16.2. The lowest BCUT2D eigenvalue weighted by Crippen LogP contribution is -2.13. The van der Waals surface area contributed by atoms with E-state index in [0.717, 1.165) is 17.4 Å². The fourth-order valence-electron chi connectivity index (χ4n) is 2.67. The number of nitrogens with two attached hydrogens (primary N) is 1. The van der Waals surface area contributed by atoms with E-state index in [-0.39, 0.29) is 44.7 Å². The molecule has 1 unspecified atom stereocenters. The smallest absolute Gasteiger partial charge is 0.383 e. The first-order chi connectivity index (χ1) is 15.0. The molecule has 0 saturated heterocycles. The highest BCUT2D eigenvalue weighted by molar-refractivity contribution is 9.10. The zero-order chi connectivity index (χ0) is 23.6. The van der Waals surface area contributed by atoms with Crippen LogP contribution in [0.15, 0.2) is 35.2 Å². The second kappa shape index (κ2) is 9.28. The maximum atomic E-state index is 13.4. The number of thiazole rings is 1. The summed E-state index contributed by atoms with van der Waals surface area (Å²) in [5.41, 5.74) is 4.08. The fraction of sp³-hybridized carbons (Fsp3) is 0.211. The predicted octanol–water partition coefficient (Wildman–Crippen LogP) is 5.06. The average Bonchev–Trinajstić information content (AvgIpc) is 3.21. The van der Waals surface area contributed by atoms with Gasteiger partial charge >= 0.3 is 6.18 Å². The first-order valence-electron chi connectivity index (χ1n) is 8.90. The van der Waals surface area contributed by atoms with Crippen molar-refractivity contribution in [2.75, 3.05) is 11.1 Å². The van der Waals surface area contributed by atoms with Gasteiger partial charge in [0.2, 0.25) is 0 Å². The topological polar surface area (TPSA) is 111 Å². The van der Waals surface area contributed by atoms with E-state index in [1.54, 1.807) is 6.92 Å². The first-order valence-corrected chi connectivity index (χ1v) is 10.5. The Morgan fingerprint density at radius 3 is 2.66 bits per heavy atom. The van der Waals surface area contributed by atoms with Gasteiger partial charge < -0.3 is 11.1 Å². The van der Waals surface area contributed by atoms with E-state index >= 15 is 0 Å². The van der Waals surface area contributed by atoms with E-state index in [1.807, 2.05) is 0 Å². The number of Topliss-reactive ketones (excluding diaryl/α,β-unsaturated/α-hetero) is 1. The maximum absolute atomic E-state index is 13.4. The van der Waals surface area contributed by atoms with Gasteiger partial charge in [0.15, 0.2) is 5.78 Å². The molecular weight excluding hydrogens is 518 g/mol. The number of alkyl halides is 3. The normalized spacial score (nSPS) is 12.4. The van der Waals surface area contributed by atoms with Crippen molar-refractivity contribution in [3.05, 3.63) is 62.2 Å². The van der Waals surface area contributed by atoms with E-state index in [0.29, 0.717) is 17.1 Å². The zero-order valence-corrected chi connectivity index (χ0v) is 18.6. The lowest BCUT2D eigenvalue weighted by molar-refractivity contribution is -0.139. The number of amides is 1. The van der Waals surface area contributed by atoms with Gasteiger partial charge in [0.05, 0.1) is 21.2 Å². The molecule has 1 atom stereocenters. The van der Waals surface area contributed by atoms with Crippen molar-refractivity contribution in [3.8, 4) is 0 Å². The van der Waals surface area contributed by atoms with Crippen LogP contribution in [0.25, 0.3) is 0 Å². The molecule has 1 amide bonds. The Morgan fingerprint density at radius 1 is 1.25 bits per heavy atom. The highest BCUT2D eigenvalue weighted by atomic mass is 79.9. The second-order valence-electron chi connectivity index (χ2n) is 6.66. The minimum Gasteiger partial charge on any atom is -0.383 e. The molecule has 0 aliphatic heterocycles. The van der Waals surface area contributed by atoms with Gasteiger partial charge in [0, 0.05) is 18.0 Å². The number of nitrogen functional groups attached to an aromatic ring is 1. The Balaban J connectivity index is 1.70. The van der Waals surface area contributed by atoms with Crippen LogP contribution in [0.3, 0.4) is 0 Å². The number of hydrogen-bond acceptors (Lipinski definition) is 7. The molecule has 0 aliphatic carbocycles.